The van der Waals surface area contributed by atoms with Gasteiger partial charge in [-0.05, 0) is 43.2 Å². The molecule has 2 aromatic carbocycles. The topological polar surface area (TPSA) is 105 Å². The second-order valence-corrected chi connectivity index (χ2v) is 8.44. The van der Waals surface area contributed by atoms with Gasteiger partial charge in [0.1, 0.15) is 12.4 Å². The summed E-state index contributed by atoms with van der Waals surface area (Å²) in [6.45, 7) is 3.59. The van der Waals surface area contributed by atoms with Crippen LogP contribution in [0.5, 0.6) is 5.75 Å². The third kappa shape index (κ3) is 6.27. The Morgan fingerprint density at radius 3 is 2.12 bits per heavy atom. The summed E-state index contributed by atoms with van der Waals surface area (Å²) < 4.78 is 12.8. The summed E-state index contributed by atoms with van der Waals surface area (Å²) in [5.41, 5.74) is 3.10. The van der Waals surface area contributed by atoms with Gasteiger partial charge >= 0.3 is 12.2 Å². The highest BCUT2D eigenvalue weighted by molar-refractivity contribution is 7.95. The third-order valence-electron chi connectivity index (χ3n) is 4.42. The summed E-state index contributed by atoms with van der Waals surface area (Å²) >= 11 is 0.773. The molecule has 32 heavy (non-hydrogen) atoms. The van der Waals surface area contributed by atoms with Crippen molar-refractivity contribution in [2.24, 2.45) is 0 Å². The minimum Gasteiger partial charge on any atom is -0.444 e. The standard InChI is InChI=1S/C21H26N4O6S/c1-14-11-17(12-15(2)19(14)22(3)4)31-21(27)24(6)32-23(5)20(26)30-13-16-9-7-8-10-18(16)25(28)29/h7-12H,13H2,1-6H3. The largest absolute Gasteiger partial charge is 0.444 e. The molecular weight excluding hydrogens is 436 g/mol. The molecule has 0 aliphatic heterocycles. The van der Waals surface area contributed by atoms with Gasteiger partial charge in [0.15, 0.2) is 0 Å². The lowest BCUT2D eigenvalue weighted by Crippen LogP contribution is -2.31. The van der Waals surface area contributed by atoms with Gasteiger partial charge in [0.2, 0.25) is 0 Å². The molecule has 0 heterocycles. The highest BCUT2D eigenvalue weighted by atomic mass is 32.2. The van der Waals surface area contributed by atoms with Crippen LogP contribution in [-0.4, -0.2) is 53.9 Å². The lowest BCUT2D eigenvalue weighted by Gasteiger charge is -2.22. The first-order valence-corrected chi connectivity index (χ1v) is 10.3. The molecule has 172 valence electrons. The minimum atomic E-state index is -0.769. The monoisotopic (exact) mass is 462 g/mol. The van der Waals surface area contributed by atoms with Gasteiger partial charge in [0.25, 0.3) is 5.69 Å². The second kappa shape index (κ2) is 10.7. The summed E-state index contributed by atoms with van der Waals surface area (Å²) in [5, 5.41) is 11.1. The number of nitro groups is 1. The molecule has 0 bridgehead atoms. The molecule has 2 aromatic rings. The third-order valence-corrected chi connectivity index (χ3v) is 5.20. The molecule has 2 rings (SSSR count). The maximum Gasteiger partial charge on any atom is 0.426 e. The minimum absolute atomic E-state index is 0.137. The maximum absolute atomic E-state index is 12.4. The number of hydrogen-bond acceptors (Lipinski definition) is 8. The number of nitro benzene ring substituents is 1. The molecule has 0 aliphatic rings. The number of carbonyl (C=O) groups excluding carboxylic acids is 2. The van der Waals surface area contributed by atoms with Crippen LogP contribution in [0.4, 0.5) is 21.0 Å². The molecule has 11 heteroatoms. The van der Waals surface area contributed by atoms with E-state index in [-0.39, 0.29) is 17.9 Å². The summed E-state index contributed by atoms with van der Waals surface area (Å²) in [4.78, 5) is 37.2. The molecule has 0 saturated heterocycles. The van der Waals surface area contributed by atoms with Crippen molar-refractivity contribution in [3.63, 3.8) is 0 Å². The SMILES string of the molecule is Cc1cc(OC(=O)N(C)SN(C)C(=O)OCc2ccccc2[N+](=O)[O-])cc(C)c1N(C)C. The van der Waals surface area contributed by atoms with Crippen LogP contribution in [0.3, 0.4) is 0 Å². The van der Waals surface area contributed by atoms with E-state index in [1.54, 1.807) is 18.2 Å². The number of nitrogens with zero attached hydrogens (tertiary/aromatic N) is 4. The molecule has 10 nitrogen and oxygen atoms in total. The molecular formula is C21H26N4O6S. The number of benzene rings is 2. The zero-order chi connectivity index (χ0) is 24.0. The normalized spacial score (nSPS) is 10.3. The summed E-state index contributed by atoms with van der Waals surface area (Å²) in [7, 11) is 6.75. The van der Waals surface area contributed by atoms with Gasteiger partial charge in [-0.2, -0.15) is 0 Å². The number of para-hydroxylation sites is 1. The Hall–Kier alpha value is -3.47. The molecule has 0 N–H and O–H groups in total. The van der Waals surface area contributed by atoms with Crippen molar-refractivity contribution in [3.8, 4) is 5.75 Å². The second-order valence-electron chi connectivity index (χ2n) is 7.19. The van der Waals surface area contributed by atoms with Gasteiger partial charge < -0.3 is 14.4 Å². The summed E-state index contributed by atoms with van der Waals surface area (Å²) in [6, 6.07) is 9.52. The predicted molar refractivity (Wildman–Crippen MR) is 123 cm³/mol. The van der Waals surface area contributed by atoms with Gasteiger partial charge in [-0.25, -0.2) is 18.2 Å². The van der Waals surface area contributed by atoms with E-state index in [9.17, 15) is 19.7 Å². The van der Waals surface area contributed by atoms with Crippen molar-refractivity contribution in [1.82, 2.24) is 8.61 Å². The molecule has 0 spiro atoms. The predicted octanol–water partition coefficient (Wildman–Crippen LogP) is 4.54. The molecule has 0 fully saturated rings. The average Bonchev–Trinajstić information content (AvgIpc) is 2.71. The van der Waals surface area contributed by atoms with E-state index in [1.165, 1.54) is 32.3 Å². The van der Waals surface area contributed by atoms with Crippen LogP contribution < -0.4 is 9.64 Å². The summed E-state index contributed by atoms with van der Waals surface area (Å²) in [6.07, 6.45) is -1.44. The van der Waals surface area contributed by atoms with E-state index in [2.05, 4.69) is 0 Å². The Kier molecular flexibility index (Phi) is 8.30. The van der Waals surface area contributed by atoms with Crippen molar-refractivity contribution in [3.05, 3.63) is 63.2 Å². The quantitative estimate of drug-likeness (QED) is 0.335. The van der Waals surface area contributed by atoms with Crippen molar-refractivity contribution in [2.75, 3.05) is 33.1 Å². The molecule has 0 unspecified atom stereocenters. The number of ether oxygens (including phenoxy) is 2. The first kappa shape index (κ1) is 24.8. The molecule has 0 aliphatic carbocycles. The highest BCUT2D eigenvalue weighted by Gasteiger charge is 2.21. The van der Waals surface area contributed by atoms with Crippen LogP contribution in [0.25, 0.3) is 0 Å². The van der Waals surface area contributed by atoms with Crippen LogP contribution in [0.1, 0.15) is 16.7 Å². The first-order chi connectivity index (χ1) is 15.0. The number of rotatable bonds is 7. The fraction of sp³-hybridized carbons (Fsp3) is 0.333. The van der Waals surface area contributed by atoms with Crippen LogP contribution in [0, 0.1) is 24.0 Å². The van der Waals surface area contributed by atoms with Crippen LogP contribution in [0.2, 0.25) is 0 Å². The van der Waals surface area contributed by atoms with Gasteiger partial charge in [-0.1, -0.05) is 12.1 Å². The lowest BCUT2D eigenvalue weighted by atomic mass is 10.1. The van der Waals surface area contributed by atoms with Crippen LogP contribution in [0.15, 0.2) is 36.4 Å². The number of carbonyl (C=O) groups is 2. The van der Waals surface area contributed by atoms with E-state index in [4.69, 9.17) is 9.47 Å². The number of hydrogen-bond donors (Lipinski definition) is 0. The highest BCUT2D eigenvalue weighted by Crippen LogP contribution is 2.29. The van der Waals surface area contributed by atoms with Crippen molar-refractivity contribution in [2.45, 2.75) is 20.5 Å². The molecule has 0 radical (unpaired) electrons. The smallest absolute Gasteiger partial charge is 0.426 e. The van der Waals surface area contributed by atoms with Gasteiger partial charge in [-0.15, -0.1) is 0 Å². The Bertz CT molecular complexity index is 991. The molecule has 0 aromatic heterocycles. The fourth-order valence-electron chi connectivity index (χ4n) is 3.14. The van der Waals surface area contributed by atoms with Gasteiger partial charge in [0.05, 0.1) is 22.6 Å². The lowest BCUT2D eigenvalue weighted by molar-refractivity contribution is -0.385. The van der Waals surface area contributed by atoms with Gasteiger partial charge in [-0.3, -0.25) is 10.1 Å². The number of amides is 2. The maximum atomic E-state index is 12.4. The number of aryl methyl sites for hydroxylation is 2. The van der Waals surface area contributed by atoms with Crippen molar-refractivity contribution >= 4 is 35.7 Å². The first-order valence-electron chi connectivity index (χ1n) is 9.56. The zero-order valence-corrected chi connectivity index (χ0v) is 19.6. The van der Waals surface area contributed by atoms with Crippen LogP contribution >= 0.6 is 12.1 Å². The number of anilines is 1. The van der Waals surface area contributed by atoms with E-state index < -0.39 is 17.1 Å². The van der Waals surface area contributed by atoms with Crippen molar-refractivity contribution < 1.29 is 24.0 Å². The Labute approximate surface area is 191 Å². The van der Waals surface area contributed by atoms with Gasteiger partial charge in [0, 0.05) is 39.9 Å². The van der Waals surface area contributed by atoms with E-state index >= 15 is 0 Å². The molecule has 0 atom stereocenters. The van der Waals surface area contributed by atoms with E-state index in [1.807, 2.05) is 32.8 Å². The van der Waals surface area contributed by atoms with E-state index in [0.29, 0.717) is 5.75 Å². The summed E-state index contributed by atoms with van der Waals surface area (Å²) in [5.74, 6) is 0.393. The Morgan fingerprint density at radius 2 is 1.56 bits per heavy atom. The molecule has 2 amide bonds. The Morgan fingerprint density at radius 1 is 1.00 bits per heavy atom. The van der Waals surface area contributed by atoms with E-state index in [0.717, 1.165) is 37.6 Å². The zero-order valence-electron chi connectivity index (χ0n) is 18.8. The van der Waals surface area contributed by atoms with Crippen molar-refractivity contribution in [1.29, 1.82) is 0 Å². The fourth-order valence-corrected chi connectivity index (χ4v) is 3.73. The molecule has 0 saturated carbocycles. The Balaban J connectivity index is 1.94. The van der Waals surface area contributed by atoms with Crippen LogP contribution in [-0.2, 0) is 11.3 Å². The average molecular weight is 463 g/mol.